The van der Waals surface area contributed by atoms with Crippen LogP contribution >= 0.6 is 0 Å². The van der Waals surface area contributed by atoms with Crippen LogP contribution in [0.25, 0.3) is 11.3 Å². The van der Waals surface area contributed by atoms with Crippen LogP contribution in [0.3, 0.4) is 0 Å². The van der Waals surface area contributed by atoms with Gasteiger partial charge < -0.3 is 25.3 Å². The van der Waals surface area contributed by atoms with Gasteiger partial charge in [-0.25, -0.2) is 9.59 Å². The smallest absolute Gasteiger partial charge is 0.328 e. The molecule has 1 heterocycles. The van der Waals surface area contributed by atoms with Crippen LogP contribution in [0.2, 0.25) is 0 Å². The monoisotopic (exact) mass is 372 g/mol. The molecule has 0 radical (unpaired) electrons. The van der Waals surface area contributed by atoms with E-state index in [1.165, 1.54) is 22.4 Å². The van der Waals surface area contributed by atoms with Crippen LogP contribution in [0.5, 0.6) is 5.75 Å². The number of ether oxygens (including phenoxy) is 1. The first-order chi connectivity index (χ1) is 12.8. The lowest BCUT2D eigenvalue weighted by atomic mass is 10.1. The second-order valence-corrected chi connectivity index (χ2v) is 6.26. The summed E-state index contributed by atoms with van der Waals surface area (Å²) >= 11 is 0. The van der Waals surface area contributed by atoms with Gasteiger partial charge in [-0.15, -0.1) is 0 Å². The Morgan fingerprint density at radius 3 is 2.44 bits per heavy atom. The van der Waals surface area contributed by atoms with Gasteiger partial charge in [-0.2, -0.15) is 0 Å². The molecular weight excluding hydrogens is 348 g/mol. The summed E-state index contributed by atoms with van der Waals surface area (Å²) < 4.78 is 7.88. The van der Waals surface area contributed by atoms with Crippen molar-refractivity contribution in [3.63, 3.8) is 0 Å². The van der Waals surface area contributed by atoms with Gasteiger partial charge in [0.05, 0.1) is 12.3 Å². The number of benzene rings is 1. The predicted octanol–water partition coefficient (Wildman–Crippen LogP) is 2.52. The maximum absolute atomic E-state index is 9.55. The quantitative estimate of drug-likeness (QED) is 0.573. The van der Waals surface area contributed by atoms with E-state index in [0.717, 1.165) is 18.7 Å². The van der Waals surface area contributed by atoms with Crippen molar-refractivity contribution in [2.75, 3.05) is 6.61 Å². The Balaban J connectivity index is 0.000000279. The fraction of sp³-hybridized carbons (Fsp3) is 0.300. The maximum Gasteiger partial charge on any atom is 0.328 e. The van der Waals surface area contributed by atoms with Crippen molar-refractivity contribution in [3.8, 4) is 17.0 Å². The van der Waals surface area contributed by atoms with Gasteiger partial charge >= 0.3 is 11.9 Å². The second kappa shape index (κ2) is 9.05. The predicted molar refractivity (Wildman–Crippen MR) is 102 cm³/mol. The number of nitrogens with zero attached hydrogens (tertiary/aromatic N) is 1. The van der Waals surface area contributed by atoms with Crippen molar-refractivity contribution >= 4 is 11.9 Å². The van der Waals surface area contributed by atoms with Gasteiger partial charge in [0, 0.05) is 42.9 Å². The van der Waals surface area contributed by atoms with Crippen LogP contribution in [-0.2, 0) is 22.6 Å². The number of aromatic nitrogens is 1. The summed E-state index contributed by atoms with van der Waals surface area (Å²) in [6.45, 7) is 5.61. The van der Waals surface area contributed by atoms with E-state index in [4.69, 9.17) is 20.7 Å². The Labute approximate surface area is 157 Å². The van der Waals surface area contributed by atoms with Crippen molar-refractivity contribution in [2.45, 2.75) is 32.9 Å². The third kappa shape index (κ3) is 5.46. The number of hydrogen-bond donors (Lipinski definition) is 3. The molecule has 0 amide bonds. The third-order valence-electron chi connectivity index (χ3n) is 3.93. The molecule has 1 aliphatic rings. The zero-order valence-electron chi connectivity index (χ0n) is 15.4. The molecule has 3 rings (SSSR count). The Kier molecular flexibility index (Phi) is 6.79. The topological polar surface area (TPSA) is 115 Å². The minimum absolute atomic E-state index is 0.163. The molecule has 0 bridgehead atoms. The zero-order valence-corrected chi connectivity index (χ0v) is 15.4. The number of aliphatic carboxylic acids is 2. The van der Waals surface area contributed by atoms with Crippen molar-refractivity contribution in [1.29, 1.82) is 0 Å². The van der Waals surface area contributed by atoms with Gasteiger partial charge in [0.1, 0.15) is 5.75 Å². The summed E-state index contributed by atoms with van der Waals surface area (Å²) in [7, 11) is 0. The van der Waals surface area contributed by atoms with Crippen LogP contribution in [0.4, 0.5) is 0 Å². The highest BCUT2D eigenvalue weighted by atomic mass is 16.5. The molecule has 0 unspecified atom stereocenters. The SMILES string of the molecule is CCOc1ccc2c(c1)-c1c(ccn1C[C@H](C)N)C2.O=C(O)C=CC(=O)O. The first-order valence-corrected chi connectivity index (χ1v) is 8.65. The highest BCUT2D eigenvalue weighted by Gasteiger charge is 2.22. The first-order valence-electron chi connectivity index (χ1n) is 8.65. The summed E-state index contributed by atoms with van der Waals surface area (Å²) in [5, 5.41) is 15.6. The van der Waals surface area contributed by atoms with E-state index in [9.17, 15) is 9.59 Å². The van der Waals surface area contributed by atoms with Crippen molar-refractivity contribution in [2.24, 2.45) is 5.73 Å². The van der Waals surface area contributed by atoms with Gasteiger partial charge in [0.2, 0.25) is 0 Å². The lowest BCUT2D eigenvalue weighted by molar-refractivity contribution is -0.134. The molecule has 0 fully saturated rings. The minimum atomic E-state index is -1.26. The second-order valence-electron chi connectivity index (χ2n) is 6.26. The zero-order chi connectivity index (χ0) is 20.0. The fourth-order valence-electron chi connectivity index (χ4n) is 2.98. The van der Waals surface area contributed by atoms with Crippen molar-refractivity contribution in [3.05, 3.63) is 53.7 Å². The average Bonchev–Trinajstić information content (AvgIpc) is 3.13. The summed E-state index contributed by atoms with van der Waals surface area (Å²) in [6, 6.07) is 8.76. The molecule has 0 aliphatic heterocycles. The normalized spacial score (nSPS) is 12.7. The highest BCUT2D eigenvalue weighted by Crippen LogP contribution is 2.39. The number of nitrogens with two attached hydrogens (primary N) is 1. The molecule has 1 aromatic heterocycles. The molecule has 1 aromatic carbocycles. The molecule has 1 aliphatic carbocycles. The summed E-state index contributed by atoms with van der Waals surface area (Å²) in [5.74, 6) is -1.57. The summed E-state index contributed by atoms with van der Waals surface area (Å²) in [5.41, 5.74) is 11.3. The Morgan fingerprint density at radius 2 is 1.89 bits per heavy atom. The third-order valence-corrected chi connectivity index (χ3v) is 3.93. The van der Waals surface area contributed by atoms with Crippen molar-refractivity contribution < 1.29 is 24.5 Å². The maximum atomic E-state index is 9.55. The standard InChI is InChI=1S/C16H20N2O.C4H4O4/c1-3-19-14-5-4-12-8-13-6-7-18(10-11(2)17)16(13)15(12)9-14;5-3(6)1-2-4(7)8/h4-7,9,11H,3,8,10,17H2,1-2H3;1-2H,(H,5,6)(H,7,8)/t11-;/m0./s1. The number of carboxylic acids is 2. The van der Waals surface area contributed by atoms with E-state index in [0.29, 0.717) is 18.8 Å². The molecular formula is C20H24N2O5. The molecule has 1 atom stereocenters. The van der Waals surface area contributed by atoms with Crippen molar-refractivity contribution in [1.82, 2.24) is 4.57 Å². The lowest BCUT2D eigenvalue weighted by Gasteiger charge is -2.12. The molecule has 0 spiro atoms. The Morgan fingerprint density at radius 1 is 1.22 bits per heavy atom. The molecule has 7 heteroatoms. The summed E-state index contributed by atoms with van der Waals surface area (Å²) in [6.07, 6.45) is 4.28. The van der Waals surface area contributed by atoms with Gasteiger partial charge in [-0.3, -0.25) is 0 Å². The van der Waals surface area contributed by atoms with Crippen LogP contribution < -0.4 is 10.5 Å². The molecule has 0 saturated heterocycles. The number of fused-ring (bicyclic) bond motifs is 3. The molecule has 27 heavy (non-hydrogen) atoms. The van der Waals surface area contributed by atoms with Crippen LogP contribution in [0, 0.1) is 0 Å². The Hall–Kier alpha value is -3.06. The van der Waals surface area contributed by atoms with E-state index in [-0.39, 0.29) is 6.04 Å². The average molecular weight is 372 g/mol. The Bertz CT molecular complexity index is 836. The summed E-state index contributed by atoms with van der Waals surface area (Å²) in [4.78, 5) is 19.1. The van der Waals surface area contributed by atoms with Crippen LogP contribution in [-0.4, -0.2) is 39.4 Å². The van der Waals surface area contributed by atoms with E-state index < -0.39 is 11.9 Å². The highest BCUT2D eigenvalue weighted by molar-refractivity contribution is 5.89. The van der Waals surface area contributed by atoms with E-state index >= 15 is 0 Å². The number of hydrogen-bond acceptors (Lipinski definition) is 4. The minimum Gasteiger partial charge on any atom is -0.494 e. The number of carbonyl (C=O) groups is 2. The van der Waals surface area contributed by atoms with Gasteiger partial charge in [-0.05, 0) is 43.2 Å². The van der Waals surface area contributed by atoms with Crippen LogP contribution in [0.1, 0.15) is 25.0 Å². The lowest BCUT2D eigenvalue weighted by Crippen LogP contribution is -2.22. The molecule has 7 nitrogen and oxygen atoms in total. The number of carboxylic acid groups (broad SMARTS) is 2. The molecule has 0 saturated carbocycles. The largest absolute Gasteiger partial charge is 0.494 e. The van der Waals surface area contributed by atoms with E-state index in [2.05, 4.69) is 35.0 Å². The fourth-order valence-corrected chi connectivity index (χ4v) is 2.98. The van der Waals surface area contributed by atoms with Crippen LogP contribution in [0.15, 0.2) is 42.6 Å². The van der Waals surface area contributed by atoms with Gasteiger partial charge in [0.25, 0.3) is 0 Å². The first kappa shape index (κ1) is 20.3. The molecule has 4 N–H and O–H groups in total. The molecule has 144 valence electrons. The number of rotatable bonds is 6. The molecule has 2 aromatic rings. The van der Waals surface area contributed by atoms with Gasteiger partial charge in [0.15, 0.2) is 0 Å². The van der Waals surface area contributed by atoms with Gasteiger partial charge in [-0.1, -0.05) is 6.07 Å². The van der Waals surface area contributed by atoms with E-state index in [1.54, 1.807) is 0 Å². The van der Waals surface area contributed by atoms with E-state index in [1.807, 2.05) is 13.8 Å².